The number of nitrogens with two attached hydrogens (primary N) is 1. The quantitative estimate of drug-likeness (QED) is 0.876. The zero-order valence-corrected chi connectivity index (χ0v) is 11.9. The van der Waals surface area contributed by atoms with E-state index in [1.807, 2.05) is 26.8 Å². The number of anilines is 1. The van der Waals surface area contributed by atoms with E-state index in [-0.39, 0.29) is 11.8 Å². The van der Waals surface area contributed by atoms with Crippen molar-refractivity contribution in [1.82, 2.24) is 0 Å². The van der Waals surface area contributed by atoms with Gasteiger partial charge in [-0.2, -0.15) is 0 Å². The zero-order valence-electron chi connectivity index (χ0n) is 11.1. The highest BCUT2D eigenvalue weighted by atomic mass is 32.2. The summed E-state index contributed by atoms with van der Waals surface area (Å²) in [6.45, 7) is 7.06. The van der Waals surface area contributed by atoms with Crippen LogP contribution in [0.2, 0.25) is 0 Å². The van der Waals surface area contributed by atoms with Crippen LogP contribution in [0.4, 0.5) is 5.69 Å². The molecule has 1 atom stereocenters. The standard InChI is InChI=1S/C13H20N2O2S/c1-9-4-5-12-13(11(9)3)15(10(2)8-14)6-7-18(12,16)17/h4-5,10H,6-8,14H2,1-3H3. The maximum absolute atomic E-state index is 12.1. The van der Waals surface area contributed by atoms with Crippen molar-refractivity contribution in [3.05, 3.63) is 23.3 Å². The van der Waals surface area contributed by atoms with E-state index in [0.717, 1.165) is 16.8 Å². The van der Waals surface area contributed by atoms with Crippen LogP contribution in [0, 0.1) is 13.8 Å². The minimum absolute atomic E-state index is 0.153. The third kappa shape index (κ3) is 2.01. The van der Waals surface area contributed by atoms with E-state index >= 15 is 0 Å². The van der Waals surface area contributed by atoms with Crippen LogP contribution in [-0.4, -0.2) is 33.3 Å². The van der Waals surface area contributed by atoms with Crippen molar-refractivity contribution in [1.29, 1.82) is 0 Å². The van der Waals surface area contributed by atoms with E-state index in [9.17, 15) is 8.42 Å². The summed E-state index contributed by atoms with van der Waals surface area (Å²) in [4.78, 5) is 2.58. The predicted octanol–water partition coefficient (Wildman–Crippen LogP) is 1.24. The third-order valence-electron chi connectivity index (χ3n) is 3.76. The summed E-state index contributed by atoms with van der Waals surface area (Å²) < 4.78 is 24.3. The molecule has 100 valence electrons. The molecule has 2 rings (SSSR count). The van der Waals surface area contributed by atoms with Gasteiger partial charge in [-0.25, -0.2) is 8.42 Å². The van der Waals surface area contributed by atoms with Gasteiger partial charge in [0.15, 0.2) is 9.84 Å². The smallest absolute Gasteiger partial charge is 0.182 e. The Morgan fingerprint density at radius 2 is 2.06 bits per heavy atom. The fourth-order valence-electron chi connectivity index (χ4n) is 2.39. The van der Waals surface area contributed by atoms with Crippen molar-refractivity contribution in [2.24, 2.45) is 5.73 Å². The number of aryl methyl sites for hydroxylation is 1. The highest BCUT2D eigenvalue weighted by molar-refractivity contribution is 7.91. The van der Waals surface area contributed by atoms with E-state index in [2.05, 4.69) is 4.90 Å². The Morgan fingerprint density at radius 1 is 1.39 bits per heavy atom. The summed E-state index contributed by atoms with van der Waals surface area (Å²) in [7, 11) is -3.14. The number of rotatable bonds is 2. The molecule has 1 aromatic carbocycles. The van der Waals surface area contributed by atoms with Gasteiger partial charge >= 0.3 is 0 Å². The Labute approximate surface area is 109 Å². The van der Waals surface area contributed by atoms with Gasteiger partial charge in [0.05, 0.1) is 16.3 Å². The maximum atomic E-state index is 12.1. The van der Waals surface area contributed by atoms with Crippen molar-refractivity contribution >= 4 is 15.5 Å². The van der Waals surface area contributed by atoms with Crippen LogP contribution in [0.1, 0.15) is 18.1 Å². The molecule has 0 aliphatic carbocycles. The van der Waals surface area contributed by atoms with Crippen molar-refractivity contribution in [2.75, 3.05) is 23.7 Å². The molecule has 1 aliphatic rings. The van der Waals surface area contributed by atoms with Crippen molar-refractivity contribution in [3.63, 3.8) is 0 Å². The maximum Gasteiger partial charge on any atom is 0.182 e. The van der Waals surface area contributed by atoms with Gasteiger partial charge in [0.1, 0.15) is 0 Å². The second-order valence-electron chi connectivity index (χ2n) is 4.95. The third-order valence-corrected chi connectivity index (χ3v) is 5.48. The van der Waals surface area contributed by atoms with Crippen molar-refractivity contribution in [2.45, 2.75) is 31.7 Å². The molecule has 0 saturated heterocycles. The lowest BCUT2D eigenvalue weighted by atomic mass is 10.1. The summed E-state index contributed by atoms with van der Waals surface area (Å²) in [5.41, 5.74) is 8.72. The number of benzene rings is 1. The van der Waals surface area contributed by atoms with E-state index in [4.69, 9.17) is 5.73 Å². The normalized spacial score (nSPS) is 19.4. The molecule has 0 fully saturated rings. The van der Waals surface area contributed by atoms with E-state index in [1.54, 1.807) is 6.07 Å². The monoisotopic (exact) mass is 268 g/mol. The largest absolute Gasteiger partial charge is 0.365 e. The molecule has 0 bridgehead atoms. The summed E-state index contributed by atoms with van der Waals surface area (Å²) >= 11 is 0. The number of fused-ring (bicyclic) bond motifs is 1. The molecule has 1 heterocycles. The highest BCUT2D eigenvalue weighted by Crippen LogP contribution is 2.36. The summed E-state index contributed by atoms with van der Waals surface area (Å²) in [5.74, 6) is 0.173. The lowest BCUT2D eigenvalue weighted by molar-refractivity contribution is 0.578. The van der Waals surface area contributed by atoms with Gasteiger partial charge in [-0.3, -0.25) is 0 Å². The van der Waals surface area contributed by atoms with Crippen LogP contribution < -0.4 is 10.6 Å². The topological polar surface area (TPSA) is 63.4 Å². The van der Waals surface area contributed by atoms with E-state index < -0.39 is 9.84 Å². The molecule has 1 aromatic rings. The molecule has 18 heavy (non-hydrogen) atoms. The molecule has 2 N–H and O–H groups in total. The van der Waals surface area contributed by atoms with Crippen molar-refractivity contribution < 1.29 is 8.42 Å². The molecule has 0 amide bonds. The molecular formula is C13H20N2O2S. The van der Waals surface area contributed by atoms with Gasteiger partial charge in [0.2, 0.25) is 0 Å². The molecule has 4 nitrogen and oxygen atoms in total. The Hall–Kier alpha value is -1.07. The molecular weight excluding hydrogens is 248 g/mol. The predicted molar refractivity (Wildman–Crippen MR) is 73.8 cm³/mol. The number of sulfone groups is 1. The van der Waals surface area contributed by atoms with Crippen LogP contribution in [0.15, 0.2) is 17.0 Å². The first-order valence-corrected chi connectivity index (χ1v) is 7.83. The van der Waals surface area contributed by atoms with E-state index in [1.165, 1.54) is 0 Å². The Kier molecular flexibility index (Phi) is 3.38. The molecule has 0 saturated carbocycles. The van der Waals surface area contributed by atoms with Crippen LogP contribution in [0.3, 0.4) is 0 Å². The van der Waals surface area contributed by atoms with Gasteiger partial charge in [-0.1, -0.05) is 6.07 Å². The Morgan fingerprint density at radius 3 is 2.67 bits per heavy atom. The first-order valence-electron chi connectivity index (χ1n) is 6.18. The van der Waals surface area contributed by atoms with Crippen LogP contribution in [0.25, 0.3) is 0 Å². The number of hydrogen-bond acceptors (Lipinski definition) is 4. The molecule has 0 aromatic heterocycles. The van der Waals surface area contributed by atoms with Gasteiger partial charge in [0, 0.05) is 19.1 Å². The first-order chi connectivity index (χ1) is 8.38. The number of hydrogen-bond donors (Lipinski definition) is 1. The minimum atomic E-state index is -3.14. The second kappa shape index (κ2) is 4.55. The van der Waals surface area contributed by atoms with E-state index in [0.29, 0.717) is 18.0 Å². The van der Waals surface area contributed by atoms with Gasteiger partial charge in [-0.15, -0.1) is 0 Å². The summed E-state index contributed by atoms with van der Waals surface area (Å²) in [6, 6.07) is 3.75. The Balaban J connectivity index is 2.67. The number of nitrogens with zero attached hydrogens (tertiary/aromatic N) is 1. The summed E-state index contributed by atoms with van der Waals surface area (Å²) in [6.07, 6.45) is 0. The fourth-order valence-corrected chi connectivity index (χ4v) is 3.89. The highest BCUT2D eigenvalue weighted by Gasteiger charge is 2.31. The molecule has 0 spiro atoms. The van der Waals surface area contributed by atoms with Gasteiger partial charge in [-0.05, 0) is 38.0 Å². The van der Waals surface area contributed by atoms with Crippen LogP contribution >= 0.6 is 0 Å². The lowest BCUT2D eigenvalue weighted by Gasteiger charge is -2.37. The summed E-state index contributed by atoms with van der Waals surface area (Å²) in [5, 5.41) is 0. The lowest BCUT2D eigenvalue weighted by Crippen LogP contribution is -2.45. The molecule has 1 aliphatic heterocycles. The van der Waals surface area contributed by atoms with Gasteiger partial charge in [0.25, 0.3) is 0 Å². The van der Waals surface area contributed by atoms with Crippen LogP contribution in [0.5, 0.6) is 0 Å². The van der Waals surface area contributed by atoms with Gasteiger partial charge < -0.3 is 10.6 Å². The SMILES string of the molecule is Cc1ccc2c(c1C)N(C(C)CN)CCS2(=O)=O. The molecule has 1 unspecified atom stereocenters. The molecule has 5 heteroatoms. The molecule has 0 radical (unpaired) electrons. The first kappa shape index (κ1) is 13.4. The van der Waals surface area contributed by atoms with Crippen molar-refractivity contribution in [3.8, 4) is 0 Å². The average Bonchev–Trinajstić information content (AvgIpc) is 2.33. The second-order valence-corrected chi connectivity index (χ2v) is 7.03. The zero-order chi connectivity index (χ0) is 13.5. The average molecular weight is 268 g/mol. The fraction of sp³-hybridized carbons (Fsp3) is 0.538. The Bertz CT molecular complexity index is 567. The minimum Gasteiger partial charge on any atom is -0.365 e. The van der Waals surface area contributed by atoms with Crippen LogP contribution in [-0.2, 0) is 9.84 Å².